The van der Waals surface area contributed by atoms with Crippen molar-refractivity contribution >= 4 is 34.5 Å². The largest absolute Gasteiger partial charge is 0.493 e. The predicted octanol–water partition coefficient (Wildman–Crippen LogP) is 4.29. The number of benzene rings is 1. The summed E-state index contributed by atoms with van der Waals surface area (Å²) in [5, 5.41) is 3.20. The van der Waals surface area contributed by atoms with Crippen molar-refractivity contribution in [3.05, 3.63) is 38.5 Å². The SMILES string of the molecule is COc1cc(Cl)c(NC(=O)c2cc(C)sc2C)cc1OC. The van der Waals surface area contributed by atoms with E-state index in [1.807, 2.05) is 19.9 Å². The van der Waals surface area contributed by atoms with Crippen molar-refractivity contribution in [2.45, 2.75) is 13.8 Å². The second-order valence-corrected chi connectivity index (χ2v) is 6.34. The topological polar surface area (TPSA) is 47.6 Å². The lowest BCUT2D eigenvalue weighted by molar-refractivity contribution is 0.102. The van der Waals surface area contributed by atoms with E-state index in [1.54, 1.807) is 23.5 Å². The van der Waals surface area contributed by atoms with Gasteiger partial charge in [-0.3, -0.25) is 4.79 Å². The number of anilines is 1. The first-order valence-electron chi connectivity index (χ1n) is 6.26. The van der Waals surface area contributed by atoms with E-state index in [0.29, 0.717) is 27.8 Å². The van der Waals surface area contributed by atoms with Crippen LogP contribution in [0.15, 0.2) is 18.2 Å². The number of amides is 1. The summed E-state index contributed by atoms with van der Waals surface area (Å²) < 4.78 is 10.4. The van der Waals surface area contributed by atoms with E-state index < -0.39 is 0 Å². The molecule has 2 rings (SSSR count). The number of halogens is 1. The smallest absolute Gasteiger partial charge is 0.256 e. The van der Waals surface area contributed by atoms with Crippen molar-refractivity contribution in [1.82, 2.24) is 0 Å². The Labute approximate surface area is 132 Å². The summed E-state index contributed by atoms with van der Waals surface area (Å²) >= 11 is 7.75. The lowest BCUT2D eigenvalue weighted by Crippen LogP contribution is -2.12. The third-order valence-corrected chi connectivity index (χ3v) is 4.29. The van der Waals surface area contributed by atoms with Gasteiger partial charge in [0.2, 0.25) is 0 Å². The monoisotopic (exact) mass is 325 g/mol. The van der Waals surface area contributed by atoms with Crippen LogP contribution in [0.1, 0.15) is 20.1 Å². The van der Waals surface area contributed by atoms with E-state index in [9.17, 15) is 4.79 Å². The van der Waals surface area contributed by atoms with Gasteiger partial charge in [0, 0.05) is 21.9 Å². The minimum atomic E-state index is -0.189. The zero-order valence-electron chi connectivity index (χ0n) is 12.2. The number of thiophene rings is 1. The van der Waals surface area contributed by atoms with Crippen molar-refractivity contribution in [2.24, 2.45) is 0 Å². The summed E-state index contributed by atoms with van der Waals surface area (Å²) in [7, 11) is 3.06. The number of hydrogen-bond acceptors (Lipinski definition) is 4. The molecule has 6 heteroatoms. The van der Waals surface area contributed by atoms with Crippen molar-refractivity contribution in [3.8, 4) is 11.5 Å². The maximum absolute atomic E-state index is 12.3. The maximum atomic E-state index is 12.3. The van der Waals surface area contributed by atoms with Gasteiger partial charge >= 0.3 is 0 Å². The van der Waals surface area contributed by atoms with Crippen LogP contribution in [0.5, 0.6) is 11.5 Å². The Bertz CT molecular complexity index is 682. The molecule has 0 aliphatic rings. The van der Waals surface area contributed by atoms with Gasteiger partial charge in [-0.1, -0.05) is 11.6 Å². The first-order chi connectivity index (χ1) is 9.96. The standard InChI is InChI=1S/C15H16ClNO3S/c1-8-5-10(9(2)21-8)15(18)17-12-7-14(20-4)13(19-3)6-11(12)16/h5-7H,1-4H3,(H,17,18). The molecule has 1 aromatic carbocycles. The van der Waals surface area contributed by atoms with Crippen LogP contribution in [0, 0.1) is 13.8 Å². The van der Waals surface area contributed by atoms with Crippen LogP contribution in [0.4, 0.5) is 5.69 Å². The van der Waals surface area contributed by atoms with E-state index in [1.165, 1.54) is 14.2 Å². The zero-order chi connectivity index (χ0) is 15.6. The van der Waals surface area contributed by atoms with Gasteiger partial charge in [-0.2, -0.15) is 0 Å². The summed E-state index contributed by atoms with van der Waals surface area (Å²) in [4.78, 5) is 14.4. The Morgan fingerprint density at radius 1 is 1.14 bits per heavy atom. The number of carbonyl (C=O) groups is 1. The van der Waals surface area contributed by atoms with E-state index in [-0.39, 0.29) is 5.91 Å². The molecule has 1 heterocycles. The van der Waals surface area contributed by atoms with Crippen LogP contribution in [0.25, 0.3) is 0 Å². The summed E-state index contributed by atoms with van der Waals surface area (Å²) in [6.07, 6.45) is 0. The lowest BCUT2D eigenvalue weighted by atomic mass is 10.2. The second kappa shape index (κ2) is 6.37. The molecule has 112 valence electrons. The fraction of sp³-hybridized carbons (Fsp3) is 0.267. The molecule has 1 aromatic heterocycles. The van der Waals surface area contributed by atoms with Crippen molar-refractivity contribution in [2.75, 3.05) is 19.5 Å². The Kier molecular flexibility index (Phi) is 4.75. The van der Waals surface area contributed by atoms with Gasteiger partial charge in [-0.05, 0) is 19.9 Å². The summed E-state index contributed by atoms with van der Waals surface area (Å²) in [6.45, 7) is 3.89. The number of hydrogen-bond donors (Lipinski definition) is 1. The first kappa shape index (κ1) is 15.7. The van der Waals surface area contributed by atoms with Gasteiger partial charge in [-0.15, -0.1) is 11.3 Å². The maximum Gasteiger partial charge on any atom is 0.256 e. The zero-order valence-corrected chi connectivity index (χ0v) is 13.8. The Balaban J connectivity index is 2.31. The third kappa shape index (κ3) is 3.31. The van der Waals surface area contributed by atoms with Crippen LogP contribution in [0.2, 0.25) is 5.02 Å². The normalized spacial score (nSPS) is 10.3. The van der Waals surface area contributed by atoms with Crippen molar-refractivity contribution in [3.63, 3.8) is 0 Å². The highest BCUT2D eigenvalue weighted by Crippen LogP contribution is 2.36. The lowest BCUT2D eigenvalue weighted by Gasteiger charge is -2.12. The third-order valence-electron chi connectivity index (χ3n) is 3.01. The molecule has 0 radical (unpaired) electrons. The predicted molar refractivity (Wildman–Crippen MR) is 86.3 cm³/mol. The molecule has 0 aliphatic carbocycles. The summed E-state index contributed by atoms with van der Waals surface area (Å²) in [6, 6.07) is 5.12. The average molecular weight is 326 g/mol. The fourth-order valence-corrected chi connectivity index (χ4v) is 3.12. The Morgan fingerprint density at radius 2 is 1.76 bits per heavy atom. The molecule has 0 unspecified atom stereocenters. The average Bonchev–Trinajstić information content (AvgIpc) is 2.79. The molecular formula is C15H16ClNO3S. The molecule has 1 N–H and O–H groups in total. The quantitative estimate of drug-likeness (QED) is 0.912. The molecule has 0 atom stereocenters. The number of ether oxygens (including phenoxy) is 2. The minimum Gasteiger partial charge on any atom is -0.493 e. The van der Waals surface area contributed by atoms with Crippen LogP contribution >= 0.6 is 22.9 Å². The highest BCUT2D eigenvalue weighted by molar-refractivity contribution is 7.12. The van der Waals surface area contributed by atoms with E-state index in [2.05, 4.69) is 5.32 Å². The van der Waals surface area contributed by atoms with Crippen molar-refractivity contribution < 1.29 is 14.3 Å². The van der Waals surface area contributed by atoms with Crippen LogP contribution in [0.3, 0.4) is 0 Å². The molecule has 0 aliphatic heterocycles. The Hall–Kier alpha value is -1.72. The number of nitrogens with one attached hydrogen (secondary N) is 1. The summed E-state index contributed by atoms with van der Waals surface area (Å²) in [5.41, 5.74) is 1.14. The van der Waals surface area contributed by atoms with Gasteiger partial charge in [-0.25, -0.2) is 0 Å². The number of methoxy groups -OCH3 is 2. The van der Waals surface area contributed by atoms with Gasteiger partial charge in [0.15, 0.2) is 11.5 Å². The Morgan fingerprint density at radius 3 is 2.29 bits per heavy atom. The molecule has 4 nitrogen and oxygen atoms in total. The molecule has 0 bridgehead atoms. The molecule has 21 heavy (non-hydrogen) atoms. The van der Waals surface area contributed by atoms with Gasteiger partial charge in [0.1, 0.15) is 0 Å². The van der Waals surface area contributed by atoms with Crippen molar-refractivity contribution in [1.29, 1.82) is 0 Å². The molecule has 0 spiro atoms. The van der Waals surface area contributed by atoms with Crippen LogP contribution in [-0.2, 0) is 0 Å². The highest BCUT2D eigenvalue weighted by Gasteiger charge is 2.16. The van der Waals surface area contributed by atoms with Gasteiger partial charge in [0.05, 0.1) is 30.5 Å². The molecular weight excluding hydrogens is 310 g/mol. The number of aryl methyl sites for hydroxylation is 2. The van der Waals surface area contributed by atoms with E-state index >= 15 is 0 Å². The number of rotatable bonds is 4. The van der Waals surface area contributed by atoms with E-state index in [4.69, 9.17) is 21.1 Å². The molecule has 0 saturated carbocycles. The molecule has 0 saturated heterocycles. The van der Waals surface area contributed by atoms with E-state index in [0.717, 1.165) is 9.75 Å². The minimum absolute atomic E-state index is 0.189. The number of carbonyl (C=O) groups excluding carboxylic acids is 1. The fourth-order valence-electron chi connectivity index (χ4n) is 2.00. The molecule has 2 aromatic rings. The second-order valence-electron chi connectivity index (χ2n) is 4.47. The van der Waals surface area contributed by atoms with Crippen LogP contribution < -0.4 is 14.8 Å². The molecule has 1 amide bonds. The first-order valence-corrected chi connectivity index (χ1v) is 7.45. The highest BCUT2D eigenvalue weighted by atomic mass is 35.5. The summed E-state index contributed by atoms with van der Waals surface area (Å²) in [5.74, 6) is 0.837. The molecule has 0 fully saturated rings. The van der Waals surface area contributed by atoms with Gasteiger partial charge in [0.25, 0.3) is 5.91 Å². The van der Waals surface area contributed by atoms with Crippen LogP contribution in [-0.4, -0.2) is 20.1 Å². The van der Waals surface area contributed by atoms with Gasteiger partial charge < -0.3 is 14.8 Å².